The molecule has 2 N–H and O–H groups in total. The molecule has 50 heavy (non-hydrogen) atoms. The van der Waals surface area contributed by atoms with Crippen LogP contribution < -0.4 is 15.4 Å². The zero-order valence-corrected chi connectivity index (χ0v) is 29.0. The number of carbonyl (C=O) groups is 1. The Balaban J connectivity index is 1.22. The maximum Gasteiger partial charge on any atom is 0.273 e. The highest BCUT2D eigenvalue weighted by molar-refractivity contribution is 5.92. The maximum atomic E-state index is 17.1. The van der Waals surface area contributed by atoms with Crippen LogP contribution in [0, 0.1) is 17.1 Å². The lowest BCUT2D eigenvalue weighted by Gasteiger charge is -2.45. The number of amides is 1. The molecular formula is C37H44F2N8O3. The van der Waals surface area contributed by atoms with Gasteiger partial charge in [-0.25, -0.2) is 9.37 Å². The molecule has 0 saturated carbocycles. The Morgan fingerprint density at radius 3 is 2.88 bits per heavy atom. The monoisotopic (exact) mass is 686 g/mol. The third-order valence-electron chi connectivity index (χ3n) is 11.8. The van der Waals surface area contributed by atoms with E-state index in [4.69, 9.17) is 20.2 Å². The van der Waals surface area contributed by atoms with Crippen LogP contribution in [0.3, 0.4) is 0 Å². The summed E-state index contributed by atoms with van der Waals surface area (Å²) in [5.74, 6) is -0.648. The quantitative estimate of drug-likeness (QED) is 0.377. The average molecular weight is 687 g/mol. The normalized spacial score (nSPS) is 27.2. The van der Waals surface area contributed by atoms with Gasteiger partial charge in [-0.3, -0.25) is 14.4 Å². The fraction of sp³-hybridized carbons (Fsp3) is 0.568. The molecule has 13 heteroatoms. The highest BCUT2D eigenvalue weighted by Gasteiger charge is 2.50. The number of nitrogens with two attached hydrogens (primary N) is 1. The number of nitrogen functional groups attached to an aromatic ring is 1. The summed E-state index contributed by atoms with van der Waals surface area (Å²) in [4.78, 5) is 23.3. The molecule has 264 valence electrons. The highest BCUT2D eigenvalue weighted by atomic mass is 19.1. The number of carbonyl (C=O) groups excluding carboxylic acids is 1. The van der Waals surface area contributed by atoms with Gasteiger partial charge in [-0.1, -0.05) is 13.0 Å². The molecule has 4 aliphatic heterocycles. The van der Waals surface area contributed by atoms with E-state index in [0.29, 0.717) is 85.8 Å². The predicted octanol–water partition coefficient (Wildman–Crippen LogP) is 4.80. The number of aryl methyl sites for hydroxylation is 1. The number of nitriles is 1. The van der Waals surface area contributed by atoms with Gasteiger partial charge in [0, 0.05) is 63.4 Å². The van der Waals surface area contributed by atoms with Gasteiger partial charge in [0.2, 0.25) is 5.82 Å². The Labute approximate surface area is 290 Å². The number of hydrogen-bond acceptors (Lipinski definition) is 9. The standard InChI is InChI=1S/C37H44F2N8O3/c1-22-8-10-37(31-25(22)6-7-28(41)26(31)17-40)16-30-27(20-50-37)33(45-11-5-13-47-24(19-45)14-29(43-47)35(48)44(2)3)32(39)34(42-30)49-21-36-9-4-12-46(36)18-23(38)15-36/h6-7,14,22-23H,4-5,8-13,15-16,18-21,41H2,1-3H3/t22-,23+,36-,37-/m0/s1. The second-order valence-corrected chi connectivity index (χ2v) is 15.1. The Morgan fingerprint density at radius 1 is 1.24 bits per heavy atom. The van der Waals surface area contributed by atoms with E-state index in [-0.39, 0.29) is 30.9 Å². The minimum absolute atomic E-state index is 0.0870. The van der Waals surface area contributed by atoms with Crippen molar-refractivity contribution in [1.82, 2.24) is 24.6 Å². The molecule has 2 saturated heterocycles. The number of pyridine rings is 1. The van der Waals surface area contributed by atoms with Crippen LogP contribution in [0.4, 0.5) is 20.2 Å². The predicted molar refractivity (Wildman–Crippen MR) is 182 cm³/mol. The van der Waals surface area contributed by atoms with Crippen molar-refractivity contribution in [2.75, 3.05) is 51.0 Å². The van der Waals surface area contributed by atoms with Crippen LogP contribution in [0.1, 0.15) is 95.5 Å². The van der Waals surface area contributed by atoms with Crippen molar-refractivity contribution < 1.29 is 23.0 Å². The molecule has 1 spiro atoms. The van der Waals surface area contributed by atoms with Gasteiger partial charge in [-0.05, 0) is 62.3 Å². The smallest absolute Gasteiger partial charge is 0.273 e. The van der Waals surface area contributed by atoms with Gasteiger partial charge in [0.25, 0.3) is 11.8 Å². The third-order valence-corrected chi connectivity index (χ3v) is 11.8. The summed E-state index contributed by atoms with van der Waals surface area (Å²) >= 11 is 0. The molecule has 6 heterocycles. The lowest BCUT2D eigenvalue weighted by molar-refractivity contribution is -0.0873. The summed E-state index contributed by atoms with van der Waals surface area (Å²) in [6, 6.07) is 7.91. The average Bonchev–Trinajstić information content (AvgIpc) is 3.72. The van der Waals surface area contributed by atoms with Gasteiger partial charge in [0.1, 0.15) is 24.4 Å². The van der Waals surface area contributed by atoms with Crippen molar-refractivity contribution in [2.24, 2.45) is 0 Å². The molecule has 2 fully saturated rings. The summed E-state index contributed by atoms with van der Waals surface area (Å²) < 4.78 is 46.7. The molecule has 2 aromatic heterocycles. The molecule has 3 aromatic rings. The fourth-order valence-corrected chi connectivity index (χ4v) is 9.21. The first-order valence-electron chi connectivity index (χ1n) is 17.8. The second kappa shape index (κ2) is 12.2. The van der Waals surface area contributed by atoms with Crippen LogP contribution in [0.25, 0.3) is 0 Å². The van der Waals surface area contributed by atoms with E-state index >= 15 is 4.39 Å². The molecular weight excluding hydrogens is 642 g/mol. The number of fused-ring (bicyclic) bond motifs is 5. The van der Waals surface area contributed by atoms with E-state index in [1.807, 2.05) is 15.6 Å². The number of ether oxygens (including phenoxy) is 2. The summed E-state index contributed by atoms with van der Waals surface area (Å²) in [5, 5.41) is 14.8. The lowest BCUT2D eigenvalue weighted by Crippen LogP contribution is -2.44. The van der Waals surface area contributed by atoms with Crippen LogP contribution in [0.2, 0.25) is 0 Å². The maximum absolute atomic E-state index is 17.1. The molecule has 0 unspecified atom stereocenters. The molecule has 11 nitrogen and oxygen atoms in total. The Kier molecular flexibility index (Phi) is 8.02. The van der Waals surface area contributed by atoms with E-state index in [0.717, 1.165) is 42.6 Å². The highest BCUT2D eigenvalue weighted by Crippen LogP contribution is 2.52. The van der Waals surface area contributed by atoms with Gasteiger partial charge in [0.05, 0.1) is 41.3 Å². The van der Waals surface area contributed by atoms with Crippen molar-refractivity contribution >= 4 is 17.3 Å². The van der Waals surface area contributed by atoms with Crippen molar-refractivity contribution in [3.8, 4) is 11.9 Å². The summed E-state index contributed by atoms with van der Waals surface area (Å²) in [7, 11) is 3.38. The van der Waals surface area contributed by atoms with Crippen molar-refractivity contribution in [3.05, 3.63) is 63.4 Å². The summed E-state index contributed by atoms with van der Waals surface area (Å²) in [6.45, 7) is 5.00. The number of alkyl halides is 1. The van der Waals surface area contributed by atoms with Crippen LogP contribution in [-0.4, -0.2) is 82.5 Å². The molecule has 1 amide bonds. The number of benzene rings is 1. The first-order valence-corrected chi connectivity index (χ1v) is 17.8. The van der Waals surface area contributed by atoms with E-state index in [2.05, 4.69) is 23.0 Å². The summed E-state index contributed by atoms with van der Waals surface area (Å²) in [5.41, 5.74) is 10.5. The van der Waals surface area contributed by atoms with Gasteiger partial charge >= 0.3 is 0 Å². The van der Waals surface area contributed by atoms with E-state index < -0.39 is 23.1 Å². The van der Waals surface area contributed by atoms with Gasteiger partial charge < -0.3 is 25.0 Å². The van der Waals surface area contributed by atoms with Gasteiger partial charge in [-0.2, -0.15) is 14.8 Å². The second-order valence-electron chi connectivity index (χ2n) is 15.1. The van der Waals surface area contributed by atoms with Crippen LogP contribution in [0.15, 0.2) is 18.2 Å². The Bertz CT molecular complexity index is 1910. The first-order chi connectivity index (χ1) is 24.0. The topological polar surface area (TPSA) is 126 Å². The van der Waals surface area contributed by atoms with E-state index in [1.165, 1.54) is 4.90 Å². The molecule has 8 rings (SSSR count). The first kappa shape index (κ1) is 32.9. The molecule has 4 atom stereocenters. The number of nitrogens with zero attached hydrogens (tertiary/aromatic N) is 7. The fourth-order valence-electron chi connectivity index (χ4n) is 9.21. The van der Waals surface area contributed by atoms with Gasteiger partial charge in [-0.15, -0.1) is 0 Å². The number of anilines is 2. The van der Waals surface area contributed by atoms with Crippen molar-refractivity contribution in [1.29, 1.82) is 5.26 Å². The zero-order chi connectivity index (χ0) is 34.9. The molecule has 0 bridgehead atoms. The Morgan fingerprint density at radius 2 is 2.08 bits per heavy atom. The SMILES string of the molecule is C[C@H]1CC[C@]2(Cc3nc(OC[C@@]45CCCN4C[C@H](F)C5)c(F)c(N4CCCn5nc(C(=O)N(C)C)cc5C4)c3CO2)c2c1ccc(N)c2C#N. The zero-order valence-electron chi connectivity index (χ0n) is 29.0. The number of hydrogen-bond donors (Lipinski definition) is 1. The van der Waals surface area contributed by atoms with E-state index in [1.54, 1.807) is 26.2 Å². The van der Waals surface area contributed by atoms with Crippen LogP contribution >= 0.6 is 0 Å². The summed E-state index contributed by atoms with van der Waals surface area (Å²) in [6.07, 6.45) is 3.67. The largest absolute Gasteiger partial charge is 0.474 e. The molecule has 0 radical (unpaired) electrons. The number of rotatable bonds is 5. The molecule has 1 aliphatic carbocycles. The van der Waals surface area contributed by atoms with Crippen molar-refractivity contribution in [3.63, 3.8) is 0 Å². The third kappa shape index (κ3) is 5.21. The van der Waals surface area contributed by atoms with Crippen molar-refractivity contribution in [2.45, 2.75) is 94.8 Å². The number of halogens is 2. The minimum Gasteiger partial charge on any atom is -0.474 e. The van der Waals surface area contributed by atoms with Crippen LogP contribution in [0.5, 0.6) is 5.88 Å². The Hall–Kier alpha value is -4.28. The van der Waals surface area contributed by atoms with Gasteiger partial charge in [0.15, 0.2) is 5.69 Å². The molecule has 1 aromatic carbocycles. The minimum atomic E-state index is -0.936. The van der Waals surface area contributed by atoms with E-state index in [9.17, 15) is 14.4 Å². The number of aromatic nitrogens is 3. The molecule has 5 aliphatic rings. The lowest BCUT2D eigenvalue weighted by atomic mass is 9.69. The van der Waals surface area contributed by atoms with Crippen LogP contribution in [-0.2, 0) is 36.5 Å².